The highest BCUT2D eigenvalue weighted by Gasteiger charge is 2.21. The van der Waals surface area contributed by atoms with E-state index in [0.717, 1.165) is 23.5 Å². The van der Waals surface area contributed by atoms with Gasteiger partial charge in [0.05, 0.1) is 10.9 Å². The minimum absolute atomic E-state index is 0.0245. The molecule has 0 fully saturated rings. The van der Waals surface area contributed by atoms with Crippen LogP contribution in [0.1, 0.15) is 37.8 Å². The van der Waals surface area contributed by atoms with Gasteiger partial charge in [0.15, 0.2) is 0 Å². The van der Waals surface area contributed by atoms with Crippen molar-refractivity contribution < 1.29 is 9.32 Å². The molecule has 3 rings (SSSR count). The molecule has 1 N–H and O–H groups in total. The predicted octanol–water partition coefficient (Wildman–Crippen LogP) is 4.58. The highest BCUT2D eigenvalue weighted by atomic mass is 35.5. The standard InChI is InChI=1S/C21H25ClN4O2S/c1-3-26(4-2)17(15-8-5-6-9-16(15)22)14-23-19(27)11-12-20-24-21(25-28-20)18-10-7-13-29-18/h5-10,13,17H,3-4,11-12,14H2,1-2H3,(H,23,27). The molecule has 0 radical (unpaired) electrons. The first kappa shape index (κ1) is 21.5. The van der Waals surface area contributed by atoms with Gasteiger partial charge in [-0.05, 0) is 36.2 Å². The second-order valence-electron chi connectivity index (χ2n) is 6.55. The van der Waals surface area contributed by atoms with Crippen LogP contribution in [-0.2, 0) is 11.2 Å². The molecule has 1 amide bonds. The summed E-state index contributed by atoms with van der Waals surface area (Å²) in [5, 5.41) is 9.69. The Morgan fingerprint density at radius 3 is 2.72 bits per heavy atom. The molecule has 29 heavy (non-hydrogen) atoms. The first-order valence-corrected chi connectivity index (χ1v) is 11.0. The van der Waals surface area contributed by atoms with Crippen molar-refractivity contribution in [2.45, 2.75) is 32.7 Å². The van der Waals surface area contributed by atoms with Gasteiger partial charge in [0, 0.05) is 24.4 Å². The van der Waals surface area contributed by atoms with Crippen LogP contribution in [0.5, 0.6) is 0 Å². The van der Waals surface area contributed by atoms with Gasteiger partial charge in [-0.3, -0.25) is 9.69 Å². The summed E-state index contributed by atoms with van der Waals surface area (Å²) in [6.07, 6.45) is 0.700. The summed E-state index contributed by atoms with van der Waals surface area (Å²) in [7, 11) is 0. The number of likely N-dealkylation sites (N-methyl/N-ethyl adjacent to an activating group) is 1. The summed E-state index contributed by atoms with van der Waals surface area (Å²) >= 11 is 7.96. The molecule has 1 unspecified atom stereocenters. The van der Waals surface area contributed by atoms with Crippen LogP contribution in [0.4, 0.5) is 0 Å². The number of aromatic nitrogens is 2. The summed E-state index contributed by atoms with van der Waals surface area (Å²) < 4.78 is 5.26. The van der Waals surface area contributed by atoms with E-state index in [4.69, 9.17) is 16.1 Å². The van der Waals surface area contributed by atoms with E-state index in [-0.39, 0.29) is 11.9 Å². The zero-order valence-electron chi connectivity index (χ0n) is 16.6. The van der Waals surface area contributed by atoms with Crippen LogP contribution < -0.4 is 5.32 Å². The van der Waals surface area contributed by atoms with Gasteiger partial charge < -0.3 is 9.84 Å². The van der Waals surface area contributed by atoms with Crippen LogP contribution in [0.15, 0.2) is 46.3 Å². The Morgan fingerprint density at radius 2 is 2.03 bits per heavy atom. The number of carbonyl (C=O) groups is 1. The Hall–Kier alpha value is -2.22. The number of carbonyl (C=O) groups excluding carboxylic acids is 1. The van der Waals surface area contributed by atoms with Gasteiger partial charge in [-0.25, -0.2) is 0 Å². The fraction of sp³-hybridized carbons (Fsp3) is 0.381. The number of benzene rings is 1. The molecule has 6 nitrogen and oxygen atoms in total. The molecule has 1 atom stereocenters. The average molecular weight is 433 g/mol. The first-order chi connectivity index (χ1) is 14.1. The molecular weight excluding hydrogens is 408 g/mol. The maximum Gasteiger partial charge on any atom is 0.227 e. The lowest BCUT2D eigenvalue weighted by atomic mass is 10.0. The van der Waals surface area contributed by atoms with Crippen molar-refractivity contribution in [3.05, 3.63) is 58.3 Å². The van der Waals surface area contributed by atoms with Crippen LogP contribution >= 0.6 is 22.9 Å². The summed E-state index contributed by atoms with van der Waals surface area (Å²) in [5.74, 6) is 0.982. The third-order valence-electron chi connectivity index (χ3n) is 4.79. The molecule has 0 aliphatic heterocycles. The third kappa shape index (κ3) is 5.65. The third-order valence-corrected chi connectivity index (χ3v) is 6.00. The Balaban J connectivity index is 1.57. The number of hydrogen-bond acceptors (Lipinski definition) is 6. The Labute approximate surface area is 179 Å². The fourth-order valence-corrected chi connectivity index (χ4v) is 4.14. The lowest BCUT2D eigenvalue weighted by molar-refractivity contribution is -0.121. The molecule has 0 aliphatic carbocycles. The summed E-state index contributed by atoms with van der Waals surface area (Å²) in [6, 6.07) is 11.7. The Bertz CT molecular complexity index is 909. The van der Waals surface area contributed by atoms with Crippen LogP contribution in [0.2, 0.25) is 5.02 Å². The highest BCUT2D eigenvalue weighted by Crippen LogP contribution is 2.27. The smallest absolute Gasteiger partial charge is 0.227 e. The summed E-state index contributed by atoms with van der Waals surface area (Å²) in [5.41, 5.74) is 1.02. The molecule has 1 aromatic carbocycles. The van der Waals surface area contributed by atoms with Crippen LogP contribution in [0.25, 0.3) is 10.7 Å². The second-order valence-corrected chi connectivity index (χ2v) is 7.91. The maximum atomic E-state index is 12.4. The topological polar surface area (TPSA) is 71.3 Å². The van der Waals surface area contributed by atoms with E-state index in [1.165, 1.54) is 0 Å². The van der Waals surface area contributed by atoms with E-state index in [1.54, 1.807) is 11.3 Å². The molecule has 0 saturated heterocycles. The number of amides is 1. The molecule has 0 aliphatic rings. The second kappa shape index (κ2) is 10.5. The molecule has 2 heterocycles. The number of aryl methyl sites for hydroxylation is 1. The predicted molar refractivity (Wildman–Crippen MR) is 116 cm³/mol. The van der Waals surface area contributed by atoms with E-state index in [9.17, 15) is 4.79 Å². The number of nitrogens with one attached hydrogen (secondary N) is 1. The minimum Gasteiger partial charge on any atom is -0.354 e. The van der Waals surface area contributed by atoms with Crippen LogP contribution in [-0.4, -0.2) is 40.6 Å². The van der Waals surface area contributed by atoms with Crippen molar-refractivity contribution in [3.63, 3.8) is 0 Å². The zero-order valence-corrected chi connectivity index (χ0v) is 18.2. The monoisotopic (exact) mass is 432 g/mol. The lowest BCUT2D eigenvalue weighted by Gasteiger charge is -2.30. The molecule has 8 heteroatoms. The Kier molecular flexibility index (Phi) is 7.80. The molecule has 2 aromatic heterocycles. The highest BCUT2D eigenvalue weighted by molar-refractivity contribution is 7.13. The van der Waals surface area contributed by atoms with Gasteiger partial charge in [-0.1, -0.05) is 54.9 Å². The van der Waals surface area contributed by atoms with Crippen molar-refractivity contribution >= 4 is 28.8 Å². The minimum atomic E-state index is -0.0508. The average Bonchev–Trinajstić information content (AvgIpc) is 3.42. The van der Waals surface area contributed by atoms with Crippen molar-refractivity contribution in [1.29, 1.82) is 0 Å². The number of halogens is 1. The van der Waals surface area contributed by atoms with E-state index in [2.05, 4.69) is 34.2 Å². The maximum absolute atomic E-state index is 12.4. The number of hydrogen-bond donors (Lipinski definition) is 1. The molecule has 3 aromatic rings. The molecule has 0 bridgehead atoms. The molecular formula is C21H25ClN4O2S. The van der Waals surface area contributed by atoms with Crippen molar-refractivity contribution in [2.24, 2.45) is 0 Å². The largest absolute Gasteiger partial charge is 0.354 e. The van der Waals surface area contributed by atoms with Gasteiger partial charge in [0.2, 0.25) is 17.6 Å². The van der Waals surface area contributed by atoms with Crippen molar-refractivity contribution in [3.8, 4) is 10.7 Å². The van der Waals surface area contributed by atoms with Crippen LogP contribution in [0, 0.1) is 0 Å². The van der Waals surface area contributed by atoms with Gasteiger partial charge in [-0.15, -0.1) is 11.3 Å². The van der Waals surface area contributed by atoms with Gasteiger partial charge in [0.25, 0.3) is 0 Å². The van der Waals surface area contributed by atoms with E-state index in [1.807, 2.05) is 41.8 Å². The summed E-state index contributed by atoms with van der Waals surface area (Å²) in [6.45, 7) is 6.45. The van der Waals surface area contributed by atoms with Crippen LogP contribution in [0.3, 0.4) is 0 Å². The quantitative estimate of drug-likeness (QED) is 0.507. The zero-order chi connectivity index (χ0) is 20.6. The van der Waals surface area contributed by atoms with Gasteiger partial charge in [-0.2, -0.15) is 4.98 Å². The fourth-order valence-electron chi connectivity index (χ4n) is 3.23. The van der Waals surface area contributed by atoms with Crippen molar-refractivity contribution in [2.75, 3.05) is 19.6 Å². The molecule has 0 saturated carbocycles. The summed E-state index contributed by atoms with van der Waals surface area (Å²) in [4.78, 5) is 20.0. The number of rotatable bonds is 10. The number of nitrogens with zero attached hydrogens (tertiary/aromatic N) is 3. The van der Waals surface area contributed by atoms with Gasteiger partial charge in [0.1, 0.15) is 0 Å². The van der Waals surface area contributed by atoms with Crippen molar-refractivity contribution in [1.82, 2.24) is 20.4 Å². The van der Waals surface area contributed by atoms with E-state index < -0.39 is 0 Å². The lowest BCUT2D eigenvalue weighted by Crippen LogP contribution is -2.38. The van der Waals surface area contributed by atoms with E-state index in [0.29, 0.717) is 36.1 Å². The van der Waals surface area contributed by atoms with E-state index >= 15 is 0 Å². The Morgan fingerprint density at radius 1 is 1.24 bits per heavy atom. The molecule has 154 valence electrons. The normalized spacial score (nSPS) is 12.3. The molecule has 0 spiro atoms. The van der Waals surface area contributed by atoms with Gasteiger partial charge >= 0.3 is 0 Å². The first-order valence-electron chi connectivity index (χ1n) is 9.74. The number of thiophene rings is 1. The SMILES string of the molecule is CCN(CC)C(CNC(=O)CCc1nc(-c2cccs2)no1)c1ccccc1Cl.